The first-order chi connectivity index (χ1) is 13.6. The van der Waals surface area contributed by atoms with Gasteiger partial charge in [0, 0.05) is 16.0 Å². The number of amides is 1. The Hall–Kier alpha value is -2.61. The SMILES string of the molecule is O=C(CCOc1ccccc1Cl)Nc1nc2scc(-c3ccc(Cl)cc3)n2n1. The summed E-state index contributed by atoms with van der Waals surface area (Å²) in [5, 5.41) is 10.2. The van der Waals surface area contributed by atoms with E-state index in [4.69, 9.17) is 27.9 Å². The summed E-state index contributed by atoms with van der Waals surface area (Å²) in [5.74, 6) is 0.563. The average molecular weight is 433 g/mol. The van der Waals surface area contributed by atoms with Gasteiger partial charge in [0.25, 0.3) is 0 Å². The molecule has 0 aliphatic carbocycles. The normalized spacial score (nSPS) is 10.9. The fourth-order valence-corrected chi connectivity index (χ4v) is 3.70. The minimum atomic E-state index is -0.238. The molecule has 9 heteroatoms. The molecule has 0 radical (unpaired) electrons. The van der Waals surface area contributed by atoms with E-state index in [0.717, 1.165) is 11.3 Å². The number of aromatic nitrogens is 3. The Morgan fingerprint density at radius 1 is 1.14 bits per heavy atom. The number of para-hydroxylation sites is 1. The van der Waals surface area contributed by atoms with Crippen molar-refractivity contribution in [3.05, 3.63) is 64.0 Å². The maximum Gasteiger partial charge on any atom is 0.250 e. The van der Waals surface area contributed by atoms with E-state index in [9.17, 15) is 4.79 Å². The molecule has 0 unspecified atom stereocenters. The molecule has 0 aliphatic heterocycles. The Balaban J connectivity index is 1.40. The first kappa shape index (κ1) is 18.7. The molecule has 1 N–H and O–H groups in total. The van der Waals surface area contributed by atoms with Gasteiger partial charge in [-0.3, -0.25) is 10.1 Å². The molecule has 0 bridgehead atoms. The molecule has 28 heavy (non-hydrogen) atoms. The summed E-state index contributed by atoms with van der Waals surface area (Å²) in [6.07, 6.45) is 0.155. The van der Waals surface area contributed by atoms with Crippen molar-refractivity contribution in [2.45, 2.75) is 6.42 Å². The lowest BCUT2D eigenvalue weighted by molar-refractivity contribution is -0.116. The molecule has 2 aromatic heterocycles. The molecular formula is C19H14Cl2N4O2S. The van der Waals surface area contributed by atoms with Crippen molar-refractivity contribution in [1.29, 1.82) is 0 Å². The maximum absolute atomic E-state index is 12.2. The molecule has 1 amide bonds. The zero-order valence-corrected chi connectivity index (χ0v) is 16.8. The van der Waals surface area contributed by atoms with Crippen LogP contribution in [0, 0.1) is 0 Å². The van der Waals surface area contributed by atoms with Gasteiger partial charge in [-0.05, 0) is 24.3 Å². The lowest BCUT2D eigenvalue weighted by Crippen LogP contribution is -2.16. The summed E-state index contributed by atoms with van der Waals surface area (Å²) in [6.45, 7) is 0.202. The second-order valence-electron chi connectivity index (χ2n) is 5.83. The molecule has 0 saturated heterocycles. The first-order valence-electron chi connectivity index (χ1n) is 8.37. The minimum Gasteiger partial charge on any atom is -0.491 e. The van der Waals surface area contributed by atoms with Crippen molar-refractivity contribution in [3.8, 4) is 17.0 Å². The number of anilines is 1. The number of ether oxygens (including phenoxy) is 1. The second-order valence-corrected chi connectivity index (χ2v) is 7.51. The van der Waals surface area contributed by atoms with Gasteiger partial charge in [-0.2, -0.15) is 4.98 Å². The molecule has 0 aliphatic rings. The lowest BCUT2D eigenvalue weighted by Gasteiger charge is -2.07. The van der Waals surface area contributed by atoms with Gasteiger partial charge in [-0.25, -0.2) is 4.52 Å². The molecule has 0 atom stereocenters. The molecule has 142 valence electrons. The number of hydrogen-bond acceptors (Lipinski definition) is 5. The number of halogens is 2. The molecular weight excluding hydrogens is 419 g/mol. The van der Waals surface area contributed by atoms with Crippen molar-refractivity contribution in [1.82, 2.24) is 14.6 Å². The van der Waals surface area contributed by atoms with Crippen LogP contribution in [0.5, 0.6) is 5.75 Å². The third-order valence-electron chi connectivity index (χ3n) is 3.90. The van der Waals surface area contributed by atoms with E-state index in [1.54, 1.807) is 16.6 Å². The Kier molecular flexibility index (Phi) is 5.47. The van der Waals surface area contributed by atoms with Crippen LogP contribution in [0.3, 0.4) is 0 Å². The smallest absolute Gasteiger partial charge is 0.250 e. The van der Waals surface area contributed by atoms with E-state index in [1.165, 1.54) is 11.3 Å². The first-order valence-corrected chi connectivity index (χ1v) is 10.0. The molecule has 0 fully saturated rings. The Labute approximate surface area is 174 Å². The van der Waals surface area contributed by atoms with Crippen LogP contribution in [-0.2, 0) is 4.79 Å². The molecule has 0 saturated carbocycles. The van der Waals surface area contributed by atoms with Crippen molar-refractivity contribution in [2.75, 3.05) is 11.9 Å². The topological polar surface area (TPSA) is 68.5 Å². The number of carbonyl (C=O) groups is 1. The van der Waals surface area contributed by atoms with Crippen LogP contribution in [0.15, 0.2) is 53.9 Å². The van der Waals surface area contributed by atoms with Gasteiger partial charge >= 0.3 is 0 Å². The number of carbonyl (C=O) groups excluding carboxylic acids is 1. The van der Waals surface area contributed by atoms with Crippen molar-refractivity contribution < 1.29 is 9.53 Å². The molecule has 6 nitrogen and oxygen atoms in total. The molecule has 4 aromatic rings. The van der Waals surface area contributed by atoms with Gasteiger partial charge < -0.3 is 4.74 Å². The van der Waals surface area contributed by atoms with E-state index in [0.29, 0.717) is 20.8 Å². The van der Waals surface area contributed by atoms with Gasteiger partial charge in [-0.15, -0.1) is 16.4 Å². The number of nitrogens with one attached hydrogen (secondary N) is 1. The highest BCUT2D eigenvalue weighted by Gasteiger charge is 2.13. The third kappa shape index (κ3) is 4.11. The summed E-state index contributed by atoms with van der Waals surface area (Å²) < 4.78 is 7.23. The van der Waals surface area contributed by atoms with E-state index in [2.05, 4.69) is 15.4 Å². The van der Waals surface area contributed by atoms with Crippen molar-refractivity contribution >= 4 is 51.4 Å². The Morgan fingerprint density at radius 2 is 1.93 bits per heavy atom. The summed E-state index contributed by atoms with van der Waals surface area (Å²) in [4.78, 5) is 17.2. The van der Waals surface area contributed by atoms with Crippen LogP contribution in [0.25, 0.3) is 16.2 Å². The number of benzene rings is 2. The summed E-state index contributed by atoms with van der Waals surface area (Å²) in [5.41, 5.74) is 1.85. The van der Waals surface area contributed by atoms with Crippen LogP contribution in [0.4, 0.5) is 5.95 Å². The van der Waals surface area contributed by atoms with Gasteiger partial charge in [-0.1, -0.05) is 47.5 Å². The number of fused-ring (bicyclic) bond motifs is 1. The number of nitrogens with zero attached hydrogens (tertiary/aromatic N) is 3. The lowest BCUT2D eigenvalue weighted by atomic mass is 10.2. The van der Waals surface area contributed by atoms with Gasteiger partial charge in [0.05, 0.1) is 23.7 Å². The zero-order valence-electron chi connectivity index (χ0n) is 14.4. The predicted molar refractivity (Wildman–Crippen MR) is 112 cm³/mol. The molecule has 2 aromatic carbocycles. The van der Waals surface area contributed by atoms with Crippen molar-refractivity contribution in [2.24, 2.45) is 0 Å². The standard InChI is InChI=1S/C19H14Cl2N4O2S/c20-13-7-5-12(6-8-13)15-11-28-19-23-18(24-25(15)19)22-17(26)9-10-27-16-4-2-1-3-14(16)21/h1-8,11H,9-10H2,(H,22,24,26). The van der Waals surface area contributed by atoms with E-state index in [1.807, 2.05) is 41.8 Å². The third-order valence-corrected chi connectivity index (χ3v) is 5.28. The van der Waals surface area contributed by atoms with Gasteiger partial charge in [0.1, 0.15) is 5.75 Å². The number of rotatable bonds is 6. The summed E-state index contributed by atoms with van der Waals surface area (Å²) >= 11 is 13.4. The number of thiazole rings is 1. The monoisotopic (exact) mass is 432 g/mol. The van der Waals surface area contributed by atoms with Crippen LogP contribution in [0.2, 0.25) is 10.0 Å². The Bertz CT molecular complexity index is 1120. The van der Waals surface area contributed by atoms with Crippen LogP contribution in [0.1, 0.15) is 6.42 Å². The molecule has 2 heterocycles. The summed E-state index contributed by atoms with van der Waals surface area (Å²) in [6, 6.07) is 14.6. The number of hydrogen-bond donors (Lipinski definition) is 1. The van der Waals surface area contributed by atoms with E-state index >= 15 is 0 Å². The second kappa shape index (κ2) is 8.18. The quantitative estimate of drug-likeness (QED) is 0.456. The fourth-order valence-electron chi connectivity index (χ4n) is 2.56. The largest absolute Gasteiger partial charge is 0.491 e. The highest BCUT2D eigenvalue weighted by Crippen LogP contribution is 2.27. The highest BCUT2D eigenvalue weighted by atomic mass is 35.5. The average Bonchev–Trinajstić information content (AvgIpc) is 3.24. The van der Waals surface area contributed by atoms with E-state index < -0.39 is 0 Å². The molecule has 4 rings (SSSR count). The van der Waals surface area contributed by atoms with Crippen LogP contribution >= 0.6 is 34.5 Å². The molecule has 0 spiro atoms. The van der Waals surface area contributed by atoms with Crippen LogP contribution < -0.4 is 10.1 Å². The zero-order chi connectivity index (χ0) is 19.5. The summed E-state index contributed by atoms with van der Waals surface area (Å²) in [7, 11) is 0. The Morgan fingerprint density at radius 3 is 2.71 bits per heavy atom. The van der Waals surface area contributed by atoms with E-state index in [-0.39, 0.29) is 24.9 Å². The van der Waals surface area contributed by atoms with Crippen LogP contribution in [-0.4, -0.2) is 27.1 Å². The highest BCUT2D eigenvalue weighted by molar-refractivity contribution is 7.15. The minimum absolute atomic E-state index is 0.155. The maximum atomic E-state index is 12.2. The van der Waals surface area contributed by atoms with Gasteiger partial charge in [0.2, 0.25) is 16.8 Å². The fraction of sp³-hybridized carbons (Fsp3) is 0.105. The van der Waals surface area contributed by atoms with Gasteiger partial charge in [0.15, 0.2) is 0 Å². The predicted octanol–water partition coefficient (Wildman–Crippen LogP) is 5.17. The van der Waals surface area contributed by atoms with Crippen molar-refractivity contribution in [3.63, 3.8) is 0 Å².